The molecule has 2 aromatic carbocycles. The van der Waals surface area contributed by atoms with Gasteiger partial charge in [-0.25, -0.2) is 4.98 Å². The number of aryl methyl sites for hydroxylation is 3. The lowest BCUT2D eigenvalue weighted by atomic mass is 9.93. The van der Waals surface area contributed by atoms with Crippen molar-refractivity contribution >= 4 is 50.0 Å². The van der Waals surface area contributed by atoms with Crippen LogP contribution in [0, 0.1) is 13.8 Å². The molecule has 0 saturated carbocycles. The van der Waals surface area contributed by atoms with Gasteiger partial charge < -0.3 is 9.84 Å². The fourth-order valence-corrected chi connectivity index (χ4v) is 5.53. The van der Waals surface area contributed by atoms with Gasteiger partial charge in [0.2, 0.25) is 0 Å². The highest BCUT2D eigenvalue weighted by Gasteiger charge is 2.21. The van der Waals surface area contributed by atoms with E-state index in [-0.39, 0.29) is 12.4 Å². The van der Waals surface area contributed by atoms with E-state index in [4.69, 9.17) is 26.4 Å². The minimum Gasteiger partial charge on any atom is -0.466 e. The summed E-state index contributed by atoms with van der Waals surface area (Å²) in [7, 11) is 1.92. The molecule has 0 spiro atoms. The Morgan fingerprint density at radius 3 is 2.46 bits per heavy atom. The van der Waals surface area contributed by atoms with Crippen molar-refractivity contribution in [2.45, 2.75) is 53.6 Å². The number of aromatic nitrogens is 4. The zero-order chi connectivity index (χ0) is 28.5. The molecule has 0 bridgehead atoms. The van der Waals surface area contributed by atoms with Gasteiger partial charge in [0.15, 0.2) is 0 Å². The molecule has 204 valence electrons. The monoisotopic (exact) mass is 564 g/mol. The summed E-state index contributed by atoms with van der Waals surface area (Å²) in [5, 5.41) is 15.6. The summed E-state index contributed by atoms with van der Waals surface area (Å²) in [5.74, 6) is -0.246. The van der Waals surface area contributed by atoms with Gasteiger partial charge in [0.25, 0.3) is 0 Å². The van der Waals surface area contributed by atoms with Crippen molar-refractivity contribution in [3.8, 4) is 21.8 Å². The number of rotatable bonds is 5. The van der Waals surface area contributed by atoms with Crippen LogP contribution < -0.4 is 0 Å². The quantitative estimate of drug-likeness (QED) is 0.230. The molecule has 5 aromatic rings. The fraction of sp³-hybridized carbons (Fsp3) is 0.333. The van der Waals surface area contributed by atoms with Gasteiger partial charge in [-0.05, 0) is 82.5 Å². The Morgan fingerprint density at radius 1 is 1.15 bits per heavy atom. The molecule has 9 heteroatoms. The number of carbonyl (C=O) groups is 1. The molecule has 0 radical (unpaired) electrons. The second-order valence-corrected chi connectivity index (χ2v) is 11.8. The lowest BCUT2D eigenvalue weighted by Crippen LogP contribution is -2.10. The Kier molecular flexibility index (Phi) is 8.39. The van der Waals surface area contributed by atoms with Crippen molar-refractivity contribution in [1.29, 1.82) is 0 Å². The van der Waals surface area contributed by atoms with E-state index >= 15 is 0 Å². The first-order valence-electron chi connectivity index (χ1n) is 12.7. The third kappa shape index (κ3) is 6.64. The summed E-state index contributed by atoms with van der Waals surface area (Å²) < 4.78 is 8.10. The topological polar surface area (TPSA) is 90.1 Å². The SMILES string of the molecule is CC(C)(C)O.CCOC(=O)Cc1c(C)cc2nc(-c3cc4c(C)nn(C)c4cn3)sc2c1-c1ccc(Cl)cc1. The highest BCUT2D eigenvalue weighted by molar-refractivity contribution is 7.22. The standard InChI is InChI=1S/C26H23ClN4O2S.C4H10O/c1-5-33-23(32)12-18-14(2)10-20-25(24(18)16-6-8-17(27)9-7-16)34-26(29-20)21-11-19-15(3)30-31(4)22(19)13-28-21;1-4(2,3)5/h6-11,13H,5,12H2,1-4H3;5H,1-3H3. The molecule has 0 atom stereocenters. The molecule has 0 unspecified atom stereocenters. The summed E-state index contributed by atoms with van der Waals surface area (Å²) >= 11 is 7.74. The van der Waals surface area contributed by atoms with Crippen LogP contribution in [0.1, 0.15) is 44.5 Å². The lowest BCUT2D eigenvalue weighted by molar-refractivity contribution is -0.142. The maximum atomic E-state index is 12.5. The van der Waals surface area contributed by atoms with Crippen LogP contribution in [0.5, 0.6) is 0 Å². The number of benzene rings is 2. The van der Waals surface area contributed by atoms with Crippen molar-refractivity contribution in [3.05, 3.63) is 64.4 Å². The highest BCUT2D eigenvalue weighted by Crippen LogP contribution is 2.41. The minimum absolute atomic E-state index is 0.194. The molecule has 3 heterocycles. The van der Waals surface area contributed by atoms with Crippen LogP contribution in [0.15, 0.2) is 42.6 Å². The highest BCUT2D eigenvalue weighted by atomic mass is 35.5. The van der Waals surface area contributed by atoms with Crippen LogP contribution in [0.2, 0.25) is 5.02 Å². The van der Waals surface area contributed by atoms with Crippen molar-refractivity contribution in [2.24, 2.45) is 7.05 Å². The second kappa shape index (κ2) is 11.4. The van der Waals surface area contributed by atoms with Crippen LogP contribution in [0.25, 0.3) is 42.9 Å². The van der Waals surface area contributed by atoms with Crippen molar-refractivity contribution < 1.29 is 14.6 Å². The predicted octanol–water partition coefficient (Wildman–Crippen LogP) is 7.07. The first-order chi connectivity index (χ1) is 18.4. The molecule has 0 aliphatic rings. The molecular formula is C30H33ClN4O3S. The number of thiazole rings is 1. The van der Waals surface area contributed by atoms with E-state index in [0.717, 1.165) is 59.8 Å². The van der Waals surface area contributed by atoms with Gasteiger partial charge in [0.1, 0.15) is 5.01 Å². The number of aliphatic hydroxyl groups is 1. The van der Waals surface area contributed by atoms with Crippen LogP contribution >= 0.6 is 22.9 Å². The van der Waals surface area contributed by atoms with E-state index in [1.165, 1.54) is 0 Å². The second-order valence-electron chi connectivity index (χ2n) is 10.4. The Hall–Kier alpha value is -3.33. The zero-order valence-electron chi connectivity index (χ0n) is 23.3. The molecule has 5 rings (SSSR count). The molecule has 0 aliphatic heterocycles. The summed E-state index contributed by atoms with van der Waals surface area (Å²) in [6, 6.07) is 11.8. The number of pyridine rings is 1. The summed E-state index contributed by atoms with van der Waals surface area (Å²) in [5.41, 5.74) is 7.02. The summed E-state index contributed by atoms with van der Waals surface area (Å²) in [6.45, 7) is 11.4. The largest absolute Gasteiger partial charge is 0.466 e. The van der Waals surface area contributed by atoms with E-state index in [1.807, 2.05) is 75.1 Å². The number of hydrogen-bond donors (Lipinski definition) is 1. The summed E-state index contributed by atoms with van der Waals surface area (Å²) in [4.78, 5) is 22.1. The van der Waals surface area contributed by atoms with E-state index in [9.17, 15) is 4.79 Å². The van der Waals surface area contributed by atoms with E-state index in [0.29, 0.717) is 11.6 Å². The molecule has 0 fully saturated rings. The number of fused-ring (bicyclic) bond motifs is 2. The molecule has 1 N–H and O–H groups in total. The number of ether oxygens (including phenoxy) is 1. The first-order valence-corrected chi connectivity index (χ1v) is 13.9. The smallest absolute Gasteiger partial charge is 0.310 e. The first kappa shape index (κ1) is 28.7. The molecule has 0 saturated heterocycles. The third-order valence-corrected chi connectivity index (χ3v) is 7.27. The molecule has 7 nitrogen and oxygen atoms in total. The average Bonchev–Trinajstić information content (AvgIpc) is 3.39. The van der Waals surface area contributed by atoms with Gasteiger partial charge in [-0.1, -0.05) is 23.7 Å². The molecule has 39 heavy (non-hydrogen) atoms. The lowest BCUT2D eigenvalue weighted by Gasteiger charge is -2.14. The van der Waals surface area contributed by atoms with Gasteiger partial charge >= 0.3 is 5.97 Å². The molecular weight excluding hydrogens is 532 g/mol. The Balaban J connectivity index is 0.000000648. The molecule has 0 amide bonds. The predicted molar refractivity (Wildman–Crippen MR) is 159 cm³/mol. The van der Waals surface area contributed by atoms with E-state index in [1.54, 1.807) is 32.1 Å². The minimum atomic E-state index is -0.500. The van der Waals surface area contributed by atoms with Crippen molar-refractivity contribution in [2.75, 3.05) is 6.61 Å². The van der Waals surface area contributed by atoms with Gasteiger partial charge in [-0.2, -0.15) is 5.10 Å². The van der Waals surface area contributed by atoms with E-state index in [2.05, 4.69) is 10.1 Å². The fourth-order valence-electron chi connectivity index (χ4n) is 4.30. The molecule has 3 aromatic heterocycles. The van der Waals surface area contributed by atoms with Crippen molar-refractivity contribution in [1.82, 2.24) is 19.7 Å². The van der Waals surface area contributed by atoms with Crippen LogP contribution in [0.4, 0.5) is 0 Å². The van der Waals surface area contributed by atoms with Crippen LogP contribution in [0.3, 0.4) is 0 Å². The number of carbonyl (C=O) groups excluding carboxylic acids is 1. The van der Waals surface area contributed by atoms with Gasteiger partial charge in [0, 0.05) is 23.0 Å². The number of halogens is 1. The van der Waals surface area contributed by atoms with E-state index < -0.39 is 5.60 Å². The van der Waals surface area contributed by atoms with Gasteiger partial charge in [-0.3, -0.25) is 14.5 Å². The Bertz CT molecular complexity index is 1640. The Labute approximate surface area is 237 Å². The normalized spacial score (nSPS) is 11.5. The number of hydrogen-bond acceptors (Lipinski definition) is 7. The van der Waals surface area contributed by atoms with Gasteiger partial charge in [0.05, 0.1) is 51.9 Å². The number of nitrogens with zero attached hydrogens (tertiary/aromatic N) is 4. The molecule has 0 aliphatic carbocycles. The summed E-state index contributed by atoms with van der Waals surface area (Å²) in [6.07, 6.45) is 2.04. The Morgan fingerprint density at radius 2 is 1.82 bits per heavy atom. The zero-order valence-corrected chi connectivity index (χ0v) is 24.9. The maximum absolute atomic E-state index is 12.5. The number of esters is 1. The maximum Gasteiger partial charge on any atom is 0.310 e. The van der Waals surface area contributed by atoms with Crippen LogP contribution in [-0.4, -0.2) is 43.0 Å². The van der Waals surface area contributed by atoms with Crippen LogP contribution in [-0.2, 0) is 23.0 Å². The van der Waals surface area contributed by atoms with Gasteiger partial charge in [-0.15, -0.1) is 11.3 Å². The average molecular weight is 565 g/mol. The third-order valence-electron chi connectivity index (χ3n) is 5.91. The van der Waals surface area contributed by atoms with Crippen molar-refractivity contribution in [3.63, 3.8) is 0 Å².